The SMILES string of the molecule is CCOC(=O)CC(=O)CCN. The van der Waals surface area contributed by atoms with Crippen LogP contribution in [0.1, 0.15) is 19.8 Å². The highest BCUT2D eigenvalue weighted by Crippen LogP contribution is 1.91. The van der Waals surface area contributed by atoms with Gasteiger partial charge in [-0.05, 0) is 13.5 Å². The monoisotopic (exact) mass is 159 g/mol. The second-order valence-corrected chi connectivity index (χ2v) is 2.06. The molecule has 0 aliphatic rings. The van der Waals surface area contributed by atoms with Crippen molar-refractivity contribution in [1.82, 2.24) is 0 Å². The third-order valence-corrected chi connectivity index (χ3v) is 1.07. The first-order chi connectivity index (χ1) is 5.20. The molecule has 0 aromatic carbocycles. The van der Waals surface area contributed by atoms with Gasteiger partial charge >= 0.3 is 5.97 Å². The maximum Gasteiger partial charge on any atom is 0.313 e. The first-order valence-electron chi connectivity index (χ1n) is 3.58. The largest absolute Gasteiger partial charge is 0.466 e. The number of ketones is 1. The van der Waals surface area contributed by atoms with Crippen molar-refractivity contribution in [3.8, 4) is 0 Å². The lowest BCUT2D eigenvalue weighted by atomic mass is 10.2. The summed E-state index contributed by atoms with van der Waals surface area (Å²) in [5.41, 5.74) is 5.11. The number of hydrogen-bond acceptors (Lipinski definition) is 4. The Morgan fingerprint density at radius 3 is 2.55 bits per heavy atom. The number of hydrogen-bond donors (Lipinski definition) is 1. The molecule has 0 saturated heterocycles. The van der Waals surface area contributed by atoms with Crippen LogP contribution in [0.2, 0.25) is 0 Å². The minimum absolute atomic E-state index is 0.148. The van der Waals surface area contributed by atoms with E-state index in [1.807, 2.05) is 0 Å². The number of nitrogens with two attached hydrogens (primary N) is 1. The van der Waals surface area contributed by atoms with Crippen molar-refractivity contribution in [2.45, 2.75) is 19.8 Å². The van der Waals surface area contributed by atoms with E-state index in [2.05, 4.69) is 4.74 Å². The predicted octanol–water partition coefficient (Wildman–Crippen LogP) is -0.142. The van der Waals surface area contributed by atoms with Crippen LogP contribution >= 0.6 is 0 Å². The van der Waals surface area contributed by atoms with Gasteiger partial charge in [-0.1, -0.05) is 0 Å². The van der Waals surface area contributed by atoms with Crippen molar-refractivity contribution in [2.24, 2.45) is 5.73 Å². The molecule has 0 rings (SSSR count). The Labute approximate surface area is 65.7 Å². The normalized spacial score (nSPS) is 9.27. The van der Waals surface area contributed by atoms with Crippen molar-refractivity contribution < 1.29 is 14.3 Å². The Morgan fingerprint density at radius 1 is 1.45 bits per heavy atom. The Kier molecular flexibility index (Phi) is 5.37. The van der Waals surface area contributed by atoms with Gasteiger partial charge in [0.25, 0.3) is 0 Å². The first-order valence-corrected chi connectivity index (χ1v) is 3.58. The summed E-state index contributed by atoms with van der Waals surface area (Å²) in [6.45, 7) is 2.30. The van der Waals surface area contributed by atoms with Crippen LogP contribution in [0.15, 0.2) is 0 Å². The summed E-state index contributed by atoms with van der Waals surface area (Å²) in [4.78, 5) is 21.4. The van der Waals surface area contributed by atoms with Gasteiger partial charge in [-0.3, -0.25) is 9.59 Å². The van der Waals surface area contributed by atoms with Crippen molar-refractivity contribution in [3.05, 3.63) is 0 Å². The fourth-order valence-electron chi connectivity index (χ4n) is 0.622. The fraction of sp³-hybridized carbons (Fsp3) is 0.714. The molecule has 11 heavy (non-hydrogen) atoms. The minimum atomic E-state index is -0.467. The van der Waals surface area contributed by atoms with Gasteiger partial charge in [-0.2, -0.15) is 0 Å². The zero-order valence-corrected chi connectivity index (χ0v) is 6.63. The molecule has 0 aromatic rings. The maximum atomic E-state index is 10.7. The second-order valence-electron chi connectivity index (χ2n) is 2.06. The summed E-state index contributed by atoms with van der Waals surface area (Å²) in [5, 5.41) is 0. The van der Waals surface area contributed by atoms with Gasteiger partial charge in [-0.15, -0.1) is 0 Å². The summed E-state index contributed by atoms with van der Waals surface area (Å²) in [5.74, 6) is -0.628. The summed E-state index contributed by atoms with van der Waals surface area (Å²) < 4.78 is 4.56. The van der Waals surface area contributed by atoms with E-state index in [0.29, 0.717) is 6.61 Å². The molecular weight excluding hydrogens is 146 g/mol. The minimum Gasteiger partial charge on any atom is -0.466 e. The molecular formula is C7H13NO3. The Hall–Kier alpha value is -0.900. The standard InChI is InChI=1S/C7H13NO3/c1-2-11-7(10)5-6(9)3-4-8/h2-5,8H2,1H3. The van der Waals surface area contributed by atoms with Gasteiger partial charge in [0, 0.05) is 6.42 Å². The van der Waals surface area contributed by atoms with Gasteiger partial charge in [0.2, 0.25) is 0 Å². The Morgan fingerprint density at radius 2 is 2.09 bits per heavy atom. The zero-order valence-electron chi connectivity index (χ0n) is 6.63. The van der Waals surface area contributed by atoms with Gasteiger partial charge < -0.3 is 10.5 Å². The van der Waals surface area contributed by atoms with E-state index in [1.165, 1.54) is 0 Å². The summed E-state index contributed by atoms with van der Waals surface area (Å²) >= 11 is 0. The van der Waals surface area contributed by atoms with Crippen molar-refractivity contribution >= 4 is 11.8 Å². The number of Topliss-reactive ketones (excluding diaryl/α,β-unsaturated/α-hetero) is 1. The van der Waals surface area contributed by atoms with E-state index in [1.54, 1.807) is 6.92 Å². The first kappa shape index (κ1) is 10.1. The molecule has 4 nitrogen and oxygen atoms in total. The van der Waals surface area contributed by atoms with E-state index in [0.717, 1.165) is 0 Å². The quantitative estimate of drug-likeness (QED) is 0.447. The van der Waals surface area contributed by atoms with Crippen LogP contribution in [0.5, 0.6) is 0 Å². The molecule has 0 fully saturated rings. The molecule has 0 aliphatic carbocycles. The molecule has 0 aliphatic heterocycles. The van der Waals surface area contributed by atoms with E-state index < -0.39 is 5.97 Å². The topological polar surface area (TPSA) is 69.4 Å². The molecule has 0 bridgehead atoms. The van der Waals surface area contributed by atoms with Crippen molar-refractivity contribution in [3.63, 3.8) is 0 Å². The van der Waals surface area contributed by atoms with Crippen LogP contribution in [0.25, 0.3) is 0 Å². The third-order valence-electron chi connectivity index (χ3n) is 1.07. The van der Waals surface area contributed by atoms with E-state index >= 15 is 0 Å². The molecule has 64 valence electrons. The van der Waals surface area contributed by atoms with Crippen LogP contribution in [0.3, 0.4) is 0 Å². The molecule has 0 unspecified atom stereocenters. The molecule has 0 saturated carbocycles. The van der Waals surface area contributed by atoms with Crippen molar-refractivity contribution in [2.75, 3.05) is 13.2 Å². The van der Waals surface area contributed by atoms with E-state index in [-0.39, 0.29) is 25.2 Å². The number of carbonyl (C=O) groups is 2. The van der Waals surface area contributed by atoms with Gasteiger partial charge in [0.05, 0.1) is 6.61 Å². The molecule has 0 aromatic heterocycles. The van der Waals surface area contributed by atoms with Crippen LogP contribution in [0.4, 0.5) is 0 Å². The molecule has 0 atom stereocenters. The molecule has 0 radical (unpaired) electrons. The fourth-order valence-corrected chi connectivity index (χ4v) is 0.622. The smallest absolute Gasteiger partial charge is 0.313 e. The average Bonchev–Trinajstić information content (AvgIpc) is 1.87. The Bertz CT molecular complexity index is 129. The summed E-state index contributed by atoms with van der Waals surface area (Å²) in [6.07, 6.45) is 0.101. The van der Waals surface area contributed by atoms with Crippen molar-refractivity contribution in [1.29, 1.82) is 0 Å². The van der Waals surface area contributed by atoms with Crippen LogP contribution < -0.4 is 5.73 Å². The molecule has 2 N–H and O–H groups in total. The highest BCUT2D eigenvalue weighted by molar-refractivity contribution is 5.95. The van der Waals surface area contributed by atoms with Gasteiger partial charge in [0.15, 0.2) is 0 Å². The second kappa shape index (κ2) is 5.85. The number of ether oxygens (including phenoxy) is 1. The number of carbonyl (C=O) groups excluding carboxylic acids is 2. The molecule has 0 amide bonds. The predicted molar refractivity (Wildman–Crippen MR) is 39.9 cm³/mol. The van der Waals surface area contributed by atoms with E-state index in [9.17, 15) is 9.59 Å². The zero-order chi connectivity index (χ0) is 8.69. The lowest BCUT2D eigenvalue weighted by Crippen LogP contribution is -2.14. The molecule has 0 heterocycles. The number of esters is 1. The third kappa shape index (κ3) is 5.54. The van der Waals surface area contributed by atoms with Crippen LogP contribution in [-0.2, 0) is 14.3 Å². The lowest BCUT2D eigenvalue weighted by Gasteiger charge is -1.99. The van der Waals surface area contributed by atoms with Crippen LogP contribution in [-0.4, -0.2) is 24.9 Å². The maximum absolute atomic E-state index is 10.7. The van der Waals surface area contributed by atoms with Gasteiger partial charge in [-0.25, -0.2) is 0 Å². The molecule has 0 spiro atoms. The molecule has 4 heteroatoms. The highest BCUT2D eigenvalue weighted by Gasteiger charge is 2.08. The van der Waals surface area contributed by atoms with Crippen LogP contribution in [0, 0.1) is 0 Å². The Balaban J connectivity index is 3.49. The van der Waals surface area contributed by atoms with Gasteiger partial charge in [0.1, 0.15) is 12.2 Å². The van der Waals surface area contributed by atoms with E-state index in [4.69, 9.17) is 5.73 Å². The summed E-state index contributed by atoms with van der Waals surface area (Å²) in [6, 6.07) is 0. The highest BCUT2D eigenvalue weighted by atomic mass is 16.5. The summed E-state index contributed by atoms with van der Waals surface area (Å²) in [7, 11) is 0. The number of rotatable bonds is 5. The average molecular weight is 159 g/mol. The lowest BCUT2D eigenvalue weighted by molar-refractivity contribution is -0.145.